The number of ether oxygens (including phenoxy) is 2. The zero-order valence-electron chi connectivity index (χ0n) is 14.1. The average molecular weight is 369 g/mol. The molecule has 4 nitrogen and oxygen atoms in total. The Hall–Kier alpha value is -2.98. The van der Waals surface area contributed by atoms with Crippen LogP contribution in [0.1, 0.15) is 21.9 Å². The maximum atomic E-state index is 12.2. The van der Waals surface area contributed by atoms with Gasteiger partial charge in [-0.1, -0.05) is 11.6 Å². The molecule has 0 saturated heterocycles. The van der Waals surface area contributed by atoms with Crippen LogP contribution in [-0.2, 0) is 6.61 Å². The summed E-state index contributed by atoms with van der Waals surface area (Å²) in [6.45, 7) is 0.294. The Kier molecular flexibility index (Phi) is 5.77. The van der Waals surface area contributed by atoms with Gasteiger partial charge in [-0.2, -0.15) is 0 Å². The number of halogens is 1. The van der Waals surface area contributed by atoms with Crippen molar-refractivity contribution in [2.45, 2.75) is 6.61 Å². The van der Waals surface area contributed by atoms with Crippen molar-refractivity contribution in [1.29, 1.82) is 0 Å². The van der Waals surface area contributed by atoms with E-state index in [1.807, 2.05) is 6.07 Å². The van der Waals surface area contributed by atoms with Crippen LogP contribution in [0, 0.1) is 0 Å². The van der Waals surface area contributed by atoms with Crippen LogP contribution in [0.25, 0.3) is 6.08 Å². The van der Waals surface area contributed by atoms with Crippen molar-refractivity contribution >= 4 is 23.5 Å². The Morgan fingerprint density at radius 2 is 1.69 bits per heavy atom. The molecule has 0 amide bonds. The van der Waals surface area contributed by atoms with E-state index in [-0.39, 0.29) is 5.78 Å². The van der Waals surface area contributed by atoms with E-state index in [1.54, 1.807) is 67.8 Å². The van der Waals surface area contributed by atoms with Gasteiger partial charge in [0.05, 0.1) is 7.11 Å². The van der Waals surface area contributed by atoms with Crippen LogP contribution in [0.4, 0.5) is 0 Å². The lowest BCUT2D eigenvalue weighted by atomic mass is 10.1. The van der Waals surface area contributed by atoms with Gasteiger partial charge in [0.15, 0.2) is 5.78 Å². The minimum Gasteiger partial charge on any atom is -0.497 e. The van der Waals surface area contributed by atoms with Crippen LogP contribution in [0.3, 0.4) is 0 Å². The van der Waals surface area contributed by atoms with Gasteiger partial charge in [-0.3, -0.25) is 4.79 Å². The minimum absolute atomic E-state index is 0.108. The van der Waals surface area contributed by atoms with Crippen LogP contribution in [-0.4, -0.2) is 12.9 Å². The van der Waals surface area contributed by atoms with Crippen LogP contribution in [0.5, 0.6) is 11.5 Å². The summed E-state index contributed by atoms with van der Waals surface area (Å²) < 4.78 is 16.3. The van der Waals surface area contributed by atoms with Crippen molar-refractivity contribution in [3.05, 3.63) is 88.8 Å². The van der Waals surface area contributed by atoms with Crippen molar-refractivity contribution in [2.75, 3.05) is 7.11 Å². The number of carbonyl (C=O) groups is 1. The van der Waals surface area contributed by atoms with Crippen molar-refractivity contribution in [3.8, 4) is 11.5 Å². The second-order valence-electron chi connectivity index (χ2n) is 5.47. The van der Waals surface area contributed by atoms with E-state index in [2.05, 4.69) is 0 Å². The second-order valence-corrected chi connectivity index (χ2v) is 5.91. The lowest BCUT2D eigenvalue weighted by molar-refractivity contribution is 0.104. The summed E-state index contributed by atoms with van der Waals surface area (Å²) in [6, 6.07) is 17.7. The summed E-state index contributed by atoms with van der Waals surface area (Å²) in [5.74, 6) is 2.56. The van der Waals surface area contributed by atoms with Gasteiger partial charge in [-0.25, -0.2) is 0 Å². The zero-order chi connectivity index (χ0) is 18.4. The normalized spacial score (nSPS) is 10.8. The fraction of sp³-hybridized carbons (Fsp3) is 0.0952. The van der Waals surface area contributed by atoms with E-state index in [0.29, 0.717) is 40.2 Å². The molecule has 0 radical (unpaired) electrons. The quantitative estimate of drug-likeness (QED) is 0.413. The first-order valence-electron chi connectivity index (χ1n) is 7.97. The molecule has 0 bridgehead atoms. The van der Waals surface area contributed by atoms with Crippen LogP contribution in [0.2, 0.25) is 5.02 Å². The third-order valence-corrected chi connectivity index (χ3v) is 3.90. The summed E-state index contributed by atoms with van der Waals surface area (Å²) in [6.07, 6.45) is 3.11. The fourth-order valence-electron chi connectivity index (χ4n) is 2.26. The van der Waals surface area contributed by atoms with Gasteiger partial charge in [0.2, 0.25) is 0 Å². The van der Waals surface area contributed by atoms with Gasteiger partial charge in [0, 0.05) is 10.6 Å². The van der Waals surface area contributed by atoms with Crippen molar-refractivity contribution in [3.63, 3.8) is 0 Å². The monoisotopic (exact) mass is 368 g/mol. The van der Waals surface area contributed by atoms with E-state index < -0.39 is 0 Å². The molecular weight excluding hydrogens is 352 g/mol. The molecular formula is C21H17ClO4. The van der Waals surface area contributed by atoms with Gasteiger partial charge in [-0.05, 0) is 72.8 Å². The molecule has 5 heteroatoms. The molecule has 0 saturated carbocycles. The molecule has 3 rings (SSSR count). The highest BCUT2D eigenvalue weighted by atomic mass is 35.5. The SMILES string of the molecule is COc1ccc(C(=O)/C=C/c2ccc(COc3ccc(Cl)cc3)o2)cc1. The van der Waals surface area contributed by atoms with Gasteiger partial charge < -0.3 is 13.9 Å². The highest BCUT2D eigenvalue weighted by Crippen LogP contribution is 2.18. The molecule has 0 unspecified atom stereocenters. The highest BCUT2D eigenvalue weighted by molar-refractivity contribution is 6.30. The van der Waals surface area contributed by atoms with Crippen LogP contribution >= 0.6 is 11.6 Å². The standard InChI is InChI=1S/C21H17ClO4/c1-24-17-6-2-15(3-7-17)21(23)13-12-19-10-11-20(26-19)14-25-18-8-4-16(22)5-9-18/h2-13H,14H2,1H3/b13-12+. The van der Waals surface area contributed by atoms with E-state index in [0.717, 1.165) is 0 Å². The molecule has 0 aliphatic carbocycles. The average Bonchev–Trinajstić information content (AvgIpc) is 3.13. The third-order valence-electron chi connectivity index (χ3n) is 3.65. The number of methoxy groups -OCH3 is 1. The van der Waals surface area contributed by atoms with E-state index in [4.69, 9.17) is 25.5 Å². The highest BCUT2D eigenvalue weighted by Gasteiger charge is 2.04. The Morgan fingerprint density at radius 3 is 2.38 bits per heavy atom. The number of hydrogen-bond donors (Lipinski definition) is 0. The summed E-state index contributed by atoms with van der Waals surface area (Å²) in [4.78, 5) is 12.2. The third kappa shape index (κ3) is 4.77. The number of carbonyl (C=O) groups excluding carboxylic acids is 1. The minimum atomic E-state index is -0.108. The van der Waals surface area contributed by atoms with Gasteiger partial charge in [0.25, 0.3) is 0 Å². The molecule has 1 heterocycles. The topological polar surface area (TPSA) is 48.7 Å². The zero-order valence-corrected chi connectivity index (χ0v) is 14.9. The van der Waals surface area contributed by atoms with Crippen molar-refractivity contribution in [2.24, 2.45) is 0 Å². The van der Waals surface area contributed by atoms with E-state index in [9.17, 15) is 4.79 Å². The maximum Gasteiger partial charge on any atom is 0.185 e. The van der Waals surface area contributed by atoms with Crippen LogP contribution in [0.15, 0.2) is 71.2 Å². The van der Waals surface area contributed by atoms with Crippen molar-refractivity contribution < 1.29 is 18.7 Å². The Balaban J connectivity index is 1.57. The molecule has 0 N–H and O–H groups in total. The number of ketones is 1. The molecule has 0 fully saturated rings. The first-order chi connectivity index (χ1) is 12.6. The fourth-order valence-corrected chi connectivity index (χ4v) is 2.38. The largest absolute Gasteiger partial charge is 0.497 e. The van der Waals surface area contributed by atoms with Gasteiger partial charge >= 0.3 is 0 Å². The Bertz CT molecular complexity index is 893. The number of allylic oxidation sites excluding steroid dienone is 1. The summed E-state index contributed by atoms with van der Waals surface area (Å²) in [5, 5.41) is 0.657. The van der Waals surface area contributed by atoms with Gasteiger partial charge in [0.1, 0.15) is 29.6 Å². The van der Waals surface area contributed by atoms with Crippen molar-refractivity contribution in [1.82, 2.24) is 0 Å². The molecule has 0 aliphatic heterocycles. The van der Waals surface area contributed by atoms with E-state index in [1.165, 1.54) is 6.08 Å². The molecule has 0 spiro atoms. The molecule has 0 atom stereocenters. The number of rotatable bonds is 7. The second kappa shape index (κ2) is 8.41. The molecule has 0 aliphatic rings. The molecule has 132 valence electrons. The predicted octanol–water partition coefficient (Wildman–Crippen LogP) is 5.42. The summed E-state index contributed by atoms with van der Waals surface area (Å²) in [5.41, 5.74) is 0.583. The molecule has 2 aromatic carbocycles. The maximum absolute atomic E-state index is 12.2. The lowest BCUT2D eigenvalue weighted by Gasteiger charge is -2.03. The molecule has 1 aromatic heterocycles. The summed E-state index contributed by atoms with van der Waals surface area (Å²) in [7, 11) is 1.59. The first-order valence-corrected chi connectivity index (χ1v) is 8.35. The van der Waals surface area contributed by atoms with Crippen LogP contribution < -0.4 is 9.47 Å². The molecule has 26 heavy (non-hydrogen) atoms. The Labute approximate surface area is 156 Å². The number of hydrogen-bond acceptors (Lipinski definition) is 4. The predicted molar refractivity (Wildman–Crippen MR) is 101 cm³/mol. The lowest BCUT2D eigenvalue weighted by Crippen LogP contribution is -1.94. The number of furan rings is 1. The first kappa shape index (κ1) is 17.8. The van der Waals surface area contributed by atoms with E-state index >= 15 is 0 Å². The summed E-state index contributed by atoms with van der Waals surface area (Å²) >= 11 is 5.84. The molecule has 3 aromatic rings. The van der Waals surface area contributed by atoms with Gasteiger partial charge in [-0.15, -0.1) is 0 Å². The Morgan fingerprint density at radius 1 is 1.00 bits per heavy atom. The number of benzene rings is 2. The smallest absolute Gasteiger partial charge is 0.185 e.